The van der Waals surface area contributed by atoms with E-state index in [0.29, 0.717) is 6.54 Å². The summed E-state index contributed by atoms with van der Waals surface area (Å²) in [6.07, 6.45) is 0.724. The summed E-state index contributed by atoms with van der Waals surface area (Å²) in [6, 6.07) is 9.11. The van der Waals surface area contributed by atoms with Gasteiger partial charge in [0.15, 0.2) is 0 Å². The van der Waals surface area contributed by atoms with Gasteiger partial charge in [0.1, 0.15) is 5.69 Å². The largest absolute Gasteiger partial charge is 0.356 e. The van der Waals surface area contributed by atoms with E-state index in [1.54, 1.807) is 4.90 Å². The van der Waals surface area contributed by atoms with E-state index >= 15 is 0 Å². The fourth-order valence-corrected chi connectivity index (χ4v) is 3.93. The standard InChI is InChI=1S/C19H20N4O3/c1-10(2)17-16-12(11-5-3-4-6-13(11)20-16)7-8-23(17)18(25)14-9-15(24)22-19(26)21-14/h3-6,9-10,17,20H,7-8H2,1-2H3,(H2,21,22,24,26)/t17-/m0/s1. The summed E-state index contributed by atoms with van der Waals surface area (Å²) in [7, 11) is 0. The highest BCUT2D eigenvalue weighted by molar-refractivity contribution is 5.93. The van der Waals surface area contributed by atoms with Gasteiger partial charge in [0.25, 0.3) is 11.5 Å². The van der Waals surface area contributed by atoms with Crippen LogP contribution in [0.3, 0.4) is 0 Å². The monoisotopic (exact) mass is 352 g/mol. The van der Waals surface area contributed by atoms with Gasteiger partial charge in [0.05, 0.1) is 6.04 Å². The van der Waals surface area contributed by atoms with E-state index < -0.39 is 11.2 Å². The fourth-order valence-electron chi connectivity index (χ4n) is 3.93. The van der Waals surface area contributed by atoms with Crippen LogP contribution in [0.2, 0.25) is 0 Å². The summed E-state index contributed by atoms with van der Waals surface area (Å²) >= 11 is 0. The van der Waals surface area contributed by atoms with Gasteiger partial charge in [-0.25, -0.2) is 4.79 Å². The number of nitrogens with zero attached hydrogens (tertiary/aromatic N) is 1. The van der Waals surface area contributed by atoms with E-state index in [-0.39, 0.29) is 23.6 Å². The van der Waals surface area contributed by atoms with Crippen molar-refractivity contribution in [1.29, 1.82) is 0 Å². The Hall–Kier alpha value is -3.09. The van der Waals surface area contributed by atoms with Crippen LogP contribution in [0.15, 0.2) is 39.9 Å². The number of carbonyl (C=O) groups is 1. The van der Waals surface area contributed by atoms with Crippen LogP contribution < -0.4 is 11.2 Å². The maximum atomic E-state index is 13.0. The zero-order valence-corrected chi connectivity index (χ0v) is 14.6. The molecule has 134 valence electrons. The van der Waals surface area contributed by atoms with Gasteiger partial charge < -0.3 is 14.9 Å². The molecular formula is C19H20N4O3. The van der Waals surface area contributed by atoms with Crippen molar-refractivity contribution >= 4 is 16.8 Å². The molecule has 0 bridgehead atoms. The Morgan fingerprint density at radius 1 is 1.15 bits per heavy atom. The number of benzene rings is 1. The second-order valence-corrected chi connectivity index (χ2v) is 7.00. The Balaban J connectivity index is 1.81. The van der Waals surface area contributed by atoms with E-state index in [4.69, 9.17) is 0 Å². The molecule has 1 aliphatic heterocycles. The van der Waals surface area contributed by atoms with Crippen LogP contribution in [0, 0.1) is 5.92 Å². The first kappa shape index (κ1) is 16.4. The van der Waals surface area contributed by atoms with E-state index in [1.165, 1.54) is 10.9 Å². The number of carbonyl (C=O) groups excluding carboxylic acids is 1. The third-order valence-corrected chi connectivity index (χ3v) is 4.96. The van der Waals surface area contributed by atoms with Gasteiger partial charge in [-0.2, -0.15) is 0 Å². The van der Waals surface area contributed by atoms with Gasteiger partial charge in [-0.1, -0.05) is 32.0 Å². The van der Waals surface area contributed by atoms with Crippen LogP contribution in [0.25, 0.3) is 10.9 Å². The predicted octanol–water partition coefficient (Wildman–Crippen LogP) is 1.94. The second-order valence-electron chi connectivity index (χ2n) is 7.00. The van der Waals surface area contributed by atoms with Crippen molar-refractivity contribution in [1.82, 2.24) is 19.9 Å². The molecule has 1 aromatic carbocycles. The number of nitrogens with one attached hydrogen (secondary N) is 3. The minimum atomic E-state index is -0.676. The maximum absolute atomic E-state index is 13.0. The molecular weight excluding hydrogens is 332 g/mol. The highest BCUT2D eigenvalue weighted by Crippen LogP contribution is 2.38. The average molecular weight is 352 g/mol. The molecule has 0 fully saturated rings. The summed E-state index contributed by atoms with van der Waals surface area (Å²) in [5, 5.41) is 1.19. The highest BCUT2D eigenvalue weighted by atomic mass is 16.2. The number of aromatic nitrogens is 3. The number of amides is 1. The molecule has 1 atom stereocenters. The Bertz CT molecular complexity index is 1080. The molecule has 1 amide bonds. The number of H-pyrrole nitrogens is 3. The van der Waals surface area contributed by atoms with Crippen molar-refractivity contribution in [3.05, 3.63) is 68.1 Å². The highest BCUT2D eigenvalue weighted by Gasteiger charge is 2.35. The molecule has 1 aliphatic rings. The van der Waals surface area contributed by atoms with Gasteiger partial charge >= 0.3 is 5.69 Å². The fraction of sp³-hybridized carbons (Fsp3) is 0.316. The molecule has 0 unspecified atom stereocenters. The number of rotatable bonds is 2. The van der Waals surface area contributed by atoms with Crippen molar-refractivity contribution in [3.8, 4) is 0 Å². The first-order valence-electron chi connectivity index (χ1n) is 8.70. The molecule has 2 aromatic heterocycles. The quantitative estimate of drug-likeness (QED) is 0.657. The summed E-state index contributed by atoms with van der Waals surface area (Å²) in [4.78, 5) is 45.9. The summed E-state index contributed by atoms with van der Waals surface area (Å²) in [5.41, 5.74) is 2.09. The second kappa shape index (κ2) is 6.01. The van der Waals surface area contributed by atoms with Gasteiger partial charge in [-0.05, 0) is 24.0 Å². The molecule has 7 heteroatoms. The van der Waals surface area contributed by atoms with Crippen molar-refractivity contribution in [2.24, 2.45) is 5.92 Å². The van der Waals surface area contributed by atoms with Crippen LogP contribution in [-0.2, 0) is 6.42 Å². The molecule has 0 aliphatic carbocycles. The number of para-hydroxylation sites is 1. The summed E-state index contributed by atoms with van der Waals surface area (Å²) in [5.74, 6) is -0.170. The molecule has 3 aromatic rings. The zero-order valence-electron chi connectivity index (χ0n) is 14.6. The van der Waals surface area contributed by atoms with Crippen LogP contribution in [0.5, 0.6) is 0 Å². The molecule has 0 saturated carbocycles. The lowest BCUT2D eigenvalue weighted by molar-refractivity contribution is 0.0591. The van der Waals surface area contributed by atoms with E-state index in [2.05, 4.69) is 34.9 Å². The van der Waals surface area contributed by atoms with E-state index in [1.807, 2.05) is 18.2 Å². The molecule has 0 saturated heterocycles. The smallest absolute Gasteiger partial charge is 0.326 e. The average Bonchev–Trinajstić information content (AvgIpc) is 2.97. The SMILES string of the molecule is CC(C)[C@H]1c2[nH]c3ccccc3c2CCN1C(=O)c1cc(=O)[nH]c(=O)[nH]1. The molecule has 3 N–H and O–H groups in total. The molecule has 7 nitrogen and oxygen atoms in total. The molecule has 0 spiro atoms. The molecule has 4 rings (SSSR count). The van der Waals surface area contributed by atoms with E-state index in [0.717, 1.165) is 23.7 Å². The lowest BCUT2D eigenvalue weighted by Crippen LogP contribution is -2.43. The Labute approximate surface area is 149 Å². The van der Waals surface area contributed by atoms with Gasteiger partial charge in [-0.3, -0.25) is 14.6 Å². The lowest BCUT2D eigenvalue weighted by atomic mass is 9.90. The van der Waals surface area contributed by atoms with Crippen LogP contribution in [-0.4, -0.2) is 32.3 Å². The first-order chi connectivity index (χ1) is 12.5. The van der Waals surface area contributed by atoms with E-state index in [9.17, 15) is 14.4 Å². The minimum Gasteiger partial charge on any atom is -0.356 e. The van der Waals surface area contributed by atoms with Gasteiger partial charge in [0.2, 0.25) is 0 Å². The van der Waals surface area contributed by atoms with Gasteiger partial charge in [-0.15, -0.1) is 0 Å². The summed E-state index contributed by atoms with van der Waals surface area (Å²) in [6.45, 7) is 4.66. The van der Waals surface area contributed by atoms with Crippen LogP contribution in [0.1, 0.15) is 41.6 Å². The summed E-state index contributed by atoms with van der Waals surface area (Å²) < 4.78 is 0. The third-order valence-electron chi connectivity index (χ3n) is 4.96. The van der Waals surface area contributed by atoms with Crippen LogP contribution in [0.4, 0.5) is 0 Å². The molecule has 0 radical (unpaired) electrons. The topological polar surface area (TPSA) is 102 Å². The van der Waals surface area contributed by atoms with Crippen molar-refractivity contribution in [3.63, 3.8) is 0 Å². The normalized spacial score (nSPS) is 16.9. The molecule has 26 heavy (non-hydrogen) atoms. The lowest BCUT2D eigenvalue weighted by Gasteiger charge is -2.38. The Morgan fingerprint density at radius 2 is 1.92 bits per heavy atom. The molecule has 3 heterocycles. The van der Waals surface area contributed by atoms with Crippen molar-refractivity contribution < 1.29 is 4.79 Å². The third kappa shape index (κ3) is 2.56. The predicted molar refractivity (Wildman–Crippen MR) is 98.3 cm³/mol. The first-order valence-corrected chi connectivity index (χ1v) is 8.70. The van der Waals surface area contributed by atoms with Crippen LogP contribution >= 0.6 is 0 Å². The number of hydrogen-bond acceptors (Lipinski definition) is 3. The minimum absolute atomic E-state index is 0.0176. The van der Waals surface area contributed by atoms with Crippen molar-refractivity contribution in [2.45, 2.75) is 26.3 Å². The number of aromatic amines is 3. The van der Waals surface area contributed by atoms with Crippen molar-refractivity contribution in [2.75, 3.05) is 6.54 Å². The van der Waals surface area contributed by atoms with Gasteiger partial charge in [0, 0.05) is 29.2 Å². The maximum Gasteiger partial charge on any atom is 0.326 e. The number of hydrogen-bond donors (Lipinski definition) is 3. The number of fused-ring (bicyclic) bond motifs is 3. The Kier molecular flexibility index (Phi) is 3.79. The Morgan fingerprint density at radius 3 is 2.65 bits per heavy atom. The zero-order chi connectivity index (χ0) is 18.4.